The van der Waals surface area contributed by atoms with Crippen LogP contribution in [-0.4, -0.2) is 26.5 Å². The molecule has 1 aromatic carbocycles. The number of benzene rings is 1. The lowest BCUT2D eigenvalue weighted by atomic mass is 9.94. The molecule has 16 heavy (non-hydrogen) atoms. The molecular formula is C13H17NO2. The first-order valence-electron chi connectivity index (χ1n) is 5.55. The lowest BCUT2D eigenvalue weighted by Gasteiger charge is -2.13. The summed E-state index contributed by atoms with van der Waals surface area (Å²) in [7, 11) is 3.52. The fourth-order valence-corrected chi connectivity index (χ4v) is 2.02. The molecule has 1 aliphatic carbocycles. The van der Waals surface area contributed by atoms with Crippen LogP contribution in [0, 0.1) is 5.41 Å². The van der Waals surface area contributed by atoms with Gasteiger partial charge in [0.05, 0.1) is 7.11 Å². The molecule has 0 amide bonds. The molecule has 0 radical (unpaired) electrons. The van der Waals surface area contributed by atoms with Crippen LogP contribution in [0.25, 0.3) is 0 Å². The van der Waals surface area contributed by atoms with Gasteiger partial charge in [-0.3, -0.25) is 4.79 Å². The highest BCUT2D eigenvalue weighted by Gasteiger charge is 2.48. The van der Waals surface area contributed by atoms with Crippen LogP contribution in [0.3, 0.4) is 0 Å². The minimum Gasteiger partial charge on any atom is -0.497 e. The molecule has 1 aliphatic rings. The van der Waals surface area contributed by atoms with Crippen molar-refractivity contribution in [1.29, 1.82) is 0 Å². The normalized spacial score (nSPS) is 16.9. The summed E-state index contributed by atoms with van der Waals surface area (Å²) in [6, 6.07) is 7.36. The van der Waals surface area contributed by atoms with E-state index in [1.54, 1.807) is 7.11 Å². The van der Waals surface area contributed by atoms with E-state index in [9.17, 15) is 4.79 Å². The zero-order chi connectivity index (χ0) is 11.6. The number of nitrogens with one attached hydrogen (secondary N) is 1. The maximum Gasteiger partial charge on any atom is 0.170 e. The number of methoxy groups -OCH3 is 1. The average molecular weight is 219 g/mol. The van der Waals surface area contributed by atoms with Crippen LogP contribution in [0.2, 0.25) is 0 Å². The Balaban J connectivity index is 2.15. The third-order valence-corrected chi connectivity index (χ3v) is 3.20. The number of Topliss-reactive ketones (excluding diaryl/α,β-unsaturated/α-hetero) is 1. The van der Waals surface area contributed by atoms with Gasteiger partial charge in [0, 0.05) is 17.5 Å². The molecule has 3 heteroatoms. The van der Waals surface area contributed by atoms with Crippen molar-refractivity contribution in [2.75, 3.05) is 20.7 Å². The van der Waals surface area contributed by atoms with Crippen molar-refractivity contribution in [3.05, 3.63) is 29.8 Å². The van der Waals surface area contributed by atoms with Crippen LogP contribution >= 0.6 is 0 Å². The molecule has 0 aromatic heterocycles. The molecule has 0 aliphatic heterocycles. The summed E-state index contributed by atoms with van der Waals surface area (Å²) < 4.78 is 5.07. The Hall–Kier alpha value is -1.35. The highest BCUT2D eigenvalue weighted by molar-refractivity contribution is 6.02. The van der Waals surface area contributed by atoms with Gasteiger partial charge in [-0.2, -0.15) is 0 Å². The largest absolute Gasteiger partial charge is 0.497 e. The molecule has 0 spiro atoms. The van der Waals surface area contributed by atoms with E-state index in [4.69, 9.17) is 4.74 Å². The molecule has 86 valence electrons. The summed E-state index contributed by atoms with van der Waals surface area (Å²) in [5.41, 5.74) is 0.650. The van der Waals surface area contributed by atoms with E-state index in [1.807, 2.05) is 31.3 Å². The molecule has 1 aromatic rings. The van der Waals surface area contributed by atoms with Crippen molar-refractivity contribution in [2.45, 2.75) is 12.8 Å². The summed E-state index contributed by atoms with van der Waals surface area (Å²) in [5, 5.41) is 3.10. The van der Waals surface area contributed by atoms with E-state index in [0.717, 1.165) is 30.7 Å². The van der Waals surface area contributed by atoms with Crippen LogP contribution in [0.1, 0.15) is 23.2 Å². The second kappa shape index (κ2) is 4.26. The fraction of sp³-hybridized carbons (Fsp3) is 0.462. The Bertz CT molecular complexity index is 379. The average Bonchev–Trinajstić information content (AvgIpc) is 3.10. The highest BCUT2D eigenvalue weighted by atomic mass is 16.5. The molecule has 0 unspecified atom stereocenters. The second-order valence-corrected chi connectivity index (χ2v) is 4.37. The first kappa shape index (κ1) is 11.1. The Morgan fingerprint density at radius 1 is 1.38 bits per heavy atom. The van der Waals surface area contributed by atoms with Gasteiger partial charge in [-0.05, 0) is 44.2 Å². The third-order valence-electron chi connectivity index (χ3n) is 3.20. The fourth-order valence-electron chi connectivity index (χ4n) is 2.02. The van der Waals surface area contributed by atoms with Crippen LogP contribution in [0.4, 0.5) is 0 Å². The van der Waals surface area contributed by atoms with Crippen molar-refractivity contribution in [1.82, 2.24) is 5.32 Å². The van der Waals surface area contributed by atoms with E-state index in [-0.39, 0.29) is 11.2 Å². The van der Waals surface area contributed by atoms with Crippen molar-refractivity contribution in [3.8, 4) is 5.75 Å². The molecule has 2 rings (SSSR count). The Morgan fingerprint density at radius 3 is 2.44 bits per heavy atom. The lowest BCUT2D eigenvalue weighted by Crippen LogP contribution is -2.27. The smallest absolute Gasteiger partial charge is 0.170 e. The van der Waals surface area contributed by atoms with Gasteiger partial charge >= 0.3 is 0 Å². The molecule has 0 saturated heterocycles. The van der Waals surface area contributed by atoms with E-state index in [2.05, 4.69) is 5.32 Å². The number of hydrogen-bond acceptors (Lipinski definition) is 3. The minimum atomic E-state index is -0.136. The van der Waals surface area contributed by atoms with Gasteiger partial charge in [-0.25, -0.2) is 0 Å². The molecule has 0 bridgehead atoms. The zero-order valence-electron chi connectivity index (χ0n) is 9.75. The SMILES string of the molecule is CNCC1(C(=O)c2ccc(OC)cc2)CC1. The molecule has 0 heterocycles. The predicted molar refractivity (Wildman–Crippen MR) is 62.9 cm³/mol. The number of carbonyl (C=O) groups excluding carboxylic acids is 1. The van der Waals surface area contributed by atoms with Gasteiger partial charge in [0.15, 0.2) is 5.78 Å². The number of ether oxygens (including phenoxy) is 1. The summed E-state index contributed by atoms with van der Waals surface area (Å²) in [6.07, 6.45) is 2.00. The first-order chi connectivity index (χ1) is 7.72. The second-order valence-electron chi connectivity index (χ2n) is 4.37. The van der Waals surface area contributed by atoms with Gasteiger partial charge in [0.25, 0.3) is 0 Å². The summed E-state index contributed by atoms with van der Waals surface area (Å²) in [6.45, 7) is 0.776. The quantitative estimate of drug-likeness (QED) is 0.768. The van der Waals surface area contributed by atoms with E-state index >= 15 is 0 Å². The number of rotatable bonds is 5. The highest BCUT2D eigenvalue weighted by Crippen LogP contribution is 2.47. The van der Waals surface area contributed by atoms with Crippen LogP contribution in [0.15, 0.2) is 24.3 Å². The van der Waals surface area contributed by atoms with Crippen molar-refractivity contribution in [3.63, 3.8) is 0 Å². The summed E-state index contributed by atoms with van der Waals surface area (Å²) >= 11 is 0. The van der Waals surface area contributed by atoms with Gasteiger partial charge in [0.1, 0.15) is 5.75 Å². The number of hydrogen-bond donors (Lipinski definition) is 1. The van der Waals surface area contributed by atoms with Crippen molar-refractivity contribution < 1.29 is 9.53 Å². The summed E-state index contributed by atoms with van der Waals surface area (Å²) in [5.74, 6) is 1.04. The topological polar surface area (TPSA) is 38.3 Å². The van der Waals surface area contributed by atoms with Gasteiger partial charge in [-0.1, -0.05) is 0 Å². The maximum atomic E-state index is 12.2. The van der Waals surface area contributed by atoms with Crippen molar-refractivity contribution in [2.24, 2.45) is 5.41 Å². The molecule has 3 nitrogen and oxygen atoms in total. The Kier molecular flexibility index (Phi) is 2.97. The molecule has 1 saturated carbocycles. The Labute approximate surface area is 95.8 Å². The van der Waals surface area contributed by atoms with Gasteiger partial charge < -0.3 is 10.1 Å². The van der Waals surface area contributed by atoms with E-state index in [1.165, 1.54) is 0 Å². The zero-order valence-corrected chi connectivity index (χ0v) is 9.75. The van der Waals surface area contributed by atoms with Crippen molar-refractivity contribution >= 4 is 5.78 Å². The van der Waals surface area contributed by atoms with Gasteiger partial charge in [0.2, 0.25) is 0 Å². The van der Waals surface area contributed by atoms with Crippen LogP contribution in [0.5, 0.6) is 5.75 Å². The minimum absolute atomic E-state index is 0.136. The van der Waals surface area contributed by atoms with Gasteiger partial charge in [-0.15, -0.1) is 0 Å². The number of ketones is 1. The molecule has 1 N–H and O–H groups in total. The van der Waals surface area contributed by atoms with E-state index < -0.39 is 0 Å². The predicted octanol–water partition coefficient (Wildman–Crippen LogP) is 1.88. The first-order valence-corrected chi connectivity index (χ1v) is 5.55. The molecular weight excluding hydrogens is 202 g/mol. The molecule has 0 atom stereocenters. The lowest BCUT2D eigenvalue weighted by molar-refractivity contribution is 0.0900. The standard InChI is InChI=1S/C13H17NO2/c1-14-9-13(7-8-13)12(15)10-3-5-11(16-2)6-4-10/h3-6,14H,7-9H2,1-2H3. The Morgan fingerprint density at radius 2 is 2.00 bits per heavy atom. The van der Waals surface area contributed by atoms with Crippen LogP contribution < -0.4 is 10.1 Å². The summed E-state index contributed by atoms with van der Waals surface area (Å²) in [4.78, 5) is 12.2. The number of carbonyl (C=O) groups is 1. The van der Waals surface area contributed by atoms with E-state index in [0.29, 0.717) is 0 Å². The maximum absolute atomic E-state index is 12.2. The monoisotopic (exact) mass is 219 g/mol. The molecule has 1 fully saturated rings. The van der Waals surface area contributed by atoms with Crippen LogP contribution in [-0.2, 0) is 0 Å². The third kappa shape index (κ3) is 1.95.